The number of hydrogen-bond acceptors (Lipinski definition) is 7. The van der Waals surface area contributed by atoms with Gasteiger partial charge in [0.2, 0.25) is 18.7 Å². The Bertz CT molecular complexity index is 1290. The number of halogens is 1. The van der Waals surface area contributed by atoms with E-state index in [0.29, 0.717) is 39.8 Å². The monoisotopic (exact) mass is 525 g/mol. The van der Waals surface area contributed by atoms with Crippen molar-refractivity contribution >= 4 is 33.5 Å². The van der Waals surface area contributed by atoms with Gasteiger partial charge in [0.15, 0.2) is 17.6 Å². The third-order valence-electron chi connectivity index (χ3n) is 5.62. The molecule has 0 fully saturated rings. The lowest BCUT2D eigenvalue weighted by Crippen LogP contribution is -2.40. The van der Waals surface area contributed by atoms with Crippen LogP contribution in [0.2, 0.25) is 0 Å². The molecule has 3 aromatic rings. The Kier molecular flexibility index (Phi) is 5.79. The molecule has 0 unspecified atom stereocenters. The van der Waals surface area contributed by atoms with E-state index in [9.17, 15) is 9.59 Å². The highest BCUT2D eigenvalue weighted by atomic mass is 79.9. The molecule has 0 bridgehead atoms. The molecule has 34 heavy (non-hydrogen) atoms. The first kappa shape index (κ1) is 22.1. The first-order valence-corrected chi connectivity index (χ1v) is 11.2. The van der Waals surface area contributed by atoms with E-state index in [2.05, 4.69) is 21.2 Å². The fourth-order valence-corrected chi connectivity index (χ4v) is 4.18. The number of fused-ring (bicyclic) bond motifs is 2. The van der Waals surface area contributed by atoms with Crippen molar-refractivity contribution in [1.29, 1.82) is 0 Å². The molecule has 9 heteroatoms. The number of anilines is 1. The van der Waals surface area contributed by atoms with Crippen LogP contribution in [0.1, 0.15) is 27.6 Å². The van der Waals surface area contributed by atoms with Crippen LogP contribution in [0, 0.1) is 6.92 Å². The van der Waals surface area contributed by atoms with Gasteiger partial charge < -0.3 is 23.7 Å². The number of ether oxygens (including phenoxy) is 5. The molecule has 2 atom stereocenters. The summed E-state index contributed by atoms with van der Waals surface area (Å²) in [4.78, 5) is 26.2. The molecule has 174 valence electrons. The number of rotatable bonds is 4. The Morgan fingerprint density at radius 1 is 1.03 bits per heavy atom. The lowest BCUT2D eigenvalue weighted by Gasteiger charge is -2.32. The van der Waals surface area contributed by atoms with Gasteiger partial charge in [-0.25, -0.2) is 4.79 Å². The van der Waals surface area contributed by atoms with Crippen molar-refractivity contribution < 1.29 is 33.3 Å². The first-order valence-electron chi connectivity index (χ1n) is 10.4. The SMILES string of the molecule is COc1ccc2c(c1)O[C@@H](c1ccc3c(c1)OCO3)[C@H](OC(=O)Nc1ccc(C)c(Br)c1)C2=O. The molecule has 3 aromatic carbocycles. The Balaban J connectivity index is 1.47. The van der Waals surface area contributed by atoms with Gasteiger partial charge >= 0.3 is 6.09 Å². The minimum Gasteiger partial charge on any atom is -0.497 e. The molecule has 8 nitrogen and oxygen atoms in total. The molecule has 2 aliphatic rings. The van der Waals surface area contributed by atoms with Crippen molar-refractivity contribution in [2.45, 2.75) is 19.1 Å². The number of methoxy groups -OCH3 is 1. The molecule has 0 aromatic heterocycles. The quantitative estimate of drug-likeness (QED) is 0.485. The van der Waals surface area contributed by atoms with Crippen molar-refractivity contribution in [3.05, 3.63) is 75.8 Å². The average molecular weight is 526 g/mol. The van der Waals surface area contributed by atoms with Gasteiger partial charge in [-0.15, -0.1) is 0 Å². The summed E-state index contributed by atoms with van der Waals surface area (Å²) in [7, 11) is 1.53. The number of Topliss-reactive ketones (excluding diaryl/α,β-unsaturated/α-hetero) is 1. The van der Waals surface area contributed by atoms with Gasteiger partial charge in [-0.3, -0.25) is 10.1 Å². The number of carbonyl (C=O) groups excluding carboxylic acids is 2. The summed E-state index contributed by atoms with van der Waals surface area (Å²) in [5.41, 5.74) is 2.44. The third kappa shape index (κ3) is 4.14. The van der Waals surface area contributed by atoms with E-state index in [-0.39, 0.29) is 12.6 Å². The molecule has 2 heterocycles. The lowest BCUT2D eigenvalue weighted by atomic mass is 9.93. The van der Waals surface area contributed by atoms with Crippen molar-refractivity contribution in [1.82, 2.24) is 0 Å². The second-order valence-corrected chi connectivity index (χ2v) is 8.65. The van der Waals surface area contributed by atoms with Crippen molar-refractivity contribution in [2.24, 2.45) is 0 Å². The number of aryl methyl sites for hydroxylation is 1. The summed E-state index contributed by atoms with van der Waals surface area (Å²) >= 11 is 3.44. The van der Waals surface area contributed by atoms with Crippen LogP contribution in [0.15, 0.2) is 59.1 Å². The molecule has 0 saturated heterocycles. The van der Waals surface area contributed by atoms with Crippen LogP contribution in [0.5, 0.6) is 23.0 Å². The van der Waals surface area contributed by atoms with Gasteiger partial charge in [-0.2, -0.15) is 0 Å². The van der Waals surface area contributed by atoms with Gasteiger partial charge in [0.1, 0.15) is 11.5 Å². The first-order chi connectivity index (χ1) is 16.4. The van der Waals surface area contributed by atoms with Crippen LogP contribution in [0.3, 0.4) is 0 Å². The minimum atomic E-state index is -1.23. The van der Waals surface area contributed by atoms with E-state index in [4.69, 9.17) is 23.7 Å². The van der Waals surface area contributed by atoms with E-state index in [1.165, 1.54) is 7.11 Å². The number of nitrogens with one attached hydrogen (secondary N) is 1. The Hall–Kier alpha value is -3.72. The number of benzene rings is 3. The number of carbonyl (C=O) groups is 2. The summed E-state index contributed by atoms with van der Waals surface area (Å²) in [5, 5.41) is 2.67. The van der Waals surface area contributed by atoms with E-state index in [0.717, 1.165) is 10.0 Å². The van der Waals surface area contributed by atoms with Crippen LogP contribution < -0.4 is 24.3 Å². The smallest absolute Gasteiger partial charge is 0.412 e. The highest BCUT2D eigenvalue weighted by Crippen LogP contribution is 2.41. The highest BCUT2D eigenvalue weighted by Gasteiger charge is 2.42. The van der Waals surface area contributed by atoms with Crippen LogP contribution >= 0.6 is 15.9 Å². The fraction of sp³-hybridized carbons (Fsp3) is 0.200. The maximum absolute atomic E-state index is 13.4. The Morgan fingerprint density at radius 3 is 2.65 bits per heavy atom. The molecule has 0 saturated carbocycles. The summed E-state index contributed by atoms with van der Waals surface area (Å²) < 4.78 is 28.8. The molecule has 1 amide bonds. The largest absolute Gasteiger partial charge is 0.497 e. The topological polar surface area (TPSA) is 92.3 Å². The van der Waals surface area contributed by atoms with Gasteiger partial charge in [0.05, 0.1) is 12.7 Å². The standard InChI is InChI=1S/C25H20BrNO7/c1-13-3-5-15(10-18(13)26)27-25(29)34-24-22(28)17-7-6-16(30-2)11-20(17)33-23(24)14-4-8-19-21(9-14)32-12-31-19/h3-11,23-24H,12H2,1-2H3,(H,27,29)/t23-,24+/m0/s1. The molecule has 1 N–H and O–H groups in total. The summed E-state index contributed by atoms with van der Waals surface area (Å²) in [6.07, 6.45) is -2.91. The molecular formula is C25H20BrNO7. The number of amides is 1. The second-order valence-electron chi connectivity index (χ2n) is 7.79. The molecule has 2 aliphatic heterocycles. The van der Waals surface area contributed by atoms with Crippen LogP contribution in [0.4, 0.5) is 10.5 Å². The summed E-state index contributed by atoms with van der Waals surface area (Å²) in [5.74, 6) is 1.62. The summed E-state index contributed by atoms with van der Waals surface area (Å²) in [6.45, 7) is 2.05. The normalized spacial score (nSPS) is 18.0. The van der Waals surface area contributed by atoms with Gasteiger partial charge in [0, 0.05) is 21.8 Å². The zero-order chi connectivity index (χ0) is 23.8. The zero-order valence-electron chi connectivity index (χ0n) is 18.3. The zero-order valence-corrected chi connectivity index (χ0v) is 19.9. The number of hydrogen-bond donors (Lipinski definition) is 1. The number of ketones is 1. The maximum Gasteiger partial charge on any atom is 0.412 e. The molecule has 5 rings (SSSR count). The third-order valence-corrected chi connectivity index (χ3v) is 6.47. The molecule has 0 spiro atoms. The Morgan fingerprint density at radius 2 is 1.85 bits per heavy atom. The molecule has 0 radical (unpaired) electrons. The fourth-order valence-electron chi connectivity index (χ4n) is 3.80. The van der Waals surface area contributed by atoms with Crippen molar-refractivity contribution in [3.8, 4) is 23.0 Å². The Labute approximate surface area is 203 Å². The van der Waals surface area contributed by atoms with E-state index in [1.807, 2.05) is 13.0 Å². The van der Waals surface area contributed by atoms with Crippen LogP contribution in [-0.2, 0) is 4.74 Å². The van der Waals surface area contributed by atoms with Gasteiger partial charge in [-0.05, 0) is 48.9 Å². The van der Waals surface area contributed by atoms with E-state index < -0.39 is 18.3 Å². The molecule has 0 aliphatic carbocycles. The van der Waals surface area contributed by atoms with E-state index in [1.54, 1.807) is 48.5 Å². The van der Waals surface area contributed by atoms with E-state index >= 15 is 0 Å². The van der Waals surface area contributed by atoms with Crippen LogP contribution in [-0.4, -0.2) is 31.9 Å². The minimum absolute atomic E-state index is 0.109. The summed E-state index contributed by atoms with van der Waals surface area (Å²) in [6, 6.07) is 15.4. The highest BCUT2D eigenvalue weighted by molar-refractivity contribution is 9.10. The second kappa shape index (κ2) is 8.90. The van der Waals surface area contributed by atoms with Crippen molar-refractivity contribution in [3.63, 3.8) is 0 Å². The predicted molar refractivity (Wildman–Crippen MR) is 126 cm³/mol. The lowest BCUT2D eigenvalue weighted by molar-refractivity contribution is 0.0131. The predicted octanol–water partition coefficient (Wildman–Crippen LogP) is 5.43. The van der Waals surface area contributed by atoms with Crippen molar-refractivity contribution in [2.75, 3.05) is 19.2 Å². The molecular weight excluding hydrogens is 506 g/mol. The maximum atomic E-state index is 13.4. The van der Waals surface area contributed by atoms with Crippen LogP contribution in [0.25, 0.3) is 0 Å². The average Bonchev–Trinajstić information content (AvgIpc) is 3.30. The van der Waals surface area contributed by atoms with Gasteiger partial charge in [0.25, 0.3) is 0 Å². The van der Waals surface area contributed by atoms with Gasteiger partial charge in [-0.1, -0.05) is 28.1 Å².